The highest BCUT2D eigenvalue weighted by Crippen LogP contribution is 2.46. The highest BCUT2D eigenvalue weighted by molar-refractivity contribution is 6.14. The molecule has 10 rings (SSSR count). The van der Waals surface area contributed by atoms with Crippen LogP contribution in [0.25, 0.3) is 88.4 Å². The lowest BCUT2D eigenvalue weighted by atomic mass is 9.86. The maximum absolute atomic E-state index is 7.06. The van der Waals surface area contributed by atoms with E-state index in [2.05, 4.69) is 197 Å². The minimum Gasteiger partial charge on any atom is -0.398 e. The number of hydrogen-bond donors (Lipinski definition) is 1. The first-order chi connectivity index (χ1) is 25.2. The van der Waals surface area contributed by atoms with Gasteiger partial charge in [-0.25, -0.2) is 0 Å². The summed E-state index contributed by atoms with van der Waals surface area (Å²) >= 11 is 0. The fourth-order valence-corrected chi connectivity index (χ4v) is 8.06. The van der Waals surface area contributed by atoms with Crippen LogP contribution in [0.5, 0.6) is 0 Å². The third kappa shape index (κ3) is 4.59. The number of aromatic nitrogens is 2. The van der Waals surface area contributed by atoms with Gasteiger partial charge >= 0.3 is 0 Å². The Morgan fingerprint density at radius 2 is 0.745 bits per heavy atom. The van der Waals surface area contributed by atoms with E-state index in [-0.39, 0.29) is 0 Å². The summed E-state index contributed by atoms with van der Waals surface area (Å²) in [5.74, 6) is 0. The van der Waals surface area contributed by atoms with Crippen LogP contribution in [0.1, 0.15) is 0 Å². The van der Waals surface area contributed by atoms with Gasteiger partial charge in [-0.3, -0.25) is 0 Å². The Labute approximate surface area is 296 Å². The molecule has 0 atom stereocenters. The largest absolute Gasteiger partial charge is 0.398 e. The van der Waals surface area contributed by atoms with Crippen LogP contribution in [-0.2, 0) is 0 Å². The molecular weight excluding hydrogens is 619 g/mol. The molecule has 0 amide bonds. The molecule has 10 aromatic rings. The molecule has 0 fully saturated rings. The lowest BCUT2D eigenvalue weighted by Crippen LogP contribution is -1.97. The highest BCUT2D eigenvalue weighted by atomic mass is 15.0. The smallest absolute Gasteiger partial charge is 0.0541 e. The van der Waals surface area contributed by atoms with Gasteiger partial charge in [-0.05, 0) is 94.5 Å². The Morgan fingerprint density at radius 1 is 0.314 bits per heavy atom. The van der Waals surface area contributed by atoms with Crippen molar-refractivity contribution in [3.8, 4) is 44.8 Å². The number of hydrogen-bond acceptors (Lipinski definition) is 1. The van der Waals surface area contributed by atoms with Crippen LogP contribution in [-0.4, -0.2) is 9.13 Å². The normalized spacial score (nSPS) is 11.6. The summed E-state index contributed by atoms with van der Waals surface area (Å²) in [6.45, 7) is 0. The topological polar surface area (TPSA) is 35.9 Å². The molecule has 0 bridgehead atoms. The summed E-state index contributed by atoms with van der Waals surface area (Å²) in [6.07, 6.45) is 0. The maximum Gasteiger partial charge on any atom is 0.0541 e. The predicted molar refractivity (Wildman–Crippen MR) is 216 cm³/mol. The molecular formula is C48H33N3. The van der Waals surface area contributed by atoms with Crippen LogP contribution in [0.2, 0.25) is 0 Å². The minimum absolute atomic E-state index is 0.752. The molecule has 0 unspecified atom stereocenters. The number of para-hydroxylation sites is 4. The highest BCUT2D eigenvalue weighted by Gasteiger charge is 2.21. The summed E-state index contributed by atoms with van der Waals surface area (Å²) in [5, 5.41) is 4.84. The van der Waals surface area contributed by atoms with E-state index in [0.29, 0.717) is 0 Å². The van der Waals surface area contributed by atoms with Gasteiger partial charge in [0.1, 0.15) is 0 Å². The third-order valence-electron chi connectivity index (χ3n) is 10.3. The lowest BCUT2D eigenvalue weighted by Gasteiger charge is -2.19. The van der Waals surface area contributed by atoms with Crippen molar-refractivity contribution in [2.45, 2.75) is 0 Å². The van der Waals surface area contributed by atoms with Crippen molar-refractivity contribution >= 4 is 49.3 Å². The lowest BCUT2D eigenvalue weighted by molar-refractivity contribution is 1.18. The zero-order valence-electron chi connectivity index (χ0n) is 27.9. The van der Waals surface area contributed by atoms with E-state index in [1.807, 2.05) is 0 Å². The first kappa shape index (κ1) is 29.1. The number of nitrogen functional groups attached to an aromatic ring is 1. The fourth-order valence-electron chi connectivity index (χ4n) is 8.06. The average molecular weight is 652 g/mol. The Balaban J connectivity index is 1.26. The van der Waals surface area contributed by atoms with Gasteiger partial charge in [0.05, 0.1) is 22.1 Å². The van der Waals surface area contributed by atoms with Crippen LogP contribution >= 0.6 is 0 Å². The Hall–Kier alpha value is -6.84. The molecule has 0 aliphatic rings. The molecule has 0 saturated carbocycles. The van der Waals surface area contributed by atoms with Gasteiger partial charge in [-0.1, -0.05) is 121 Å². The Bertz CT molecular complexity index is 2900. The molecule has 2 heterocycles. The first-order valence-corrected chi connectivity index (χ1v) is 17.4. The van der Waals surface area contributed by atoms with Crippen LogP contribution in [0.4, 0.5) is 5.69 Å². The van der Waals surface area contributed by atoms with Gasteiger partial charge in [0.25, 0.3) is 0 Å². The molecule has 0 saturated heterocycles. The summed E-state index contributed by atoms with van der Waals surface area (Å²) in [5.41, 5.74) is 21.5. The second-order valence-corrected chi connectivity index (χ2v) is 13.2. The molecule has 240 valence electrons. The first-order valence-electron chi connectivity index (χ1n) is 17.4. The number of nitrogens with zero attached hydrogens (tertiary/aromatic N) is 2. The second-order valence-electron chi connectivity index (χ2n) is 13.2. The molecule has 51 heavy (non-hydrogen) atoms. The molecule has 2 N–H and O–H groups in total. The summed E-state index contributed by atoms with van der Waals surface area (Å²) in [7, 11) is 0. The Kier molecular flexibility index (Phi) is 6.65. The summed E-state index contributed by atoms with van der Waals surface area (Å²) < 4.78 is 4.72. The van der Waals surface area contributed by atoms with Crippen molar-refractivity contribution in [2.75, 3.05) is 5.73 Å². The van der Waals surface area contributed by atoms with E-state index in [1.54, 1.807) is 0 Å². The van der Waals surface area contributed by atoms with Gasteiger partial charge in [0, 0.05) is 44.2 Å². The zero-order chi connectivity index (χ0) is 33.9. The SMILES string of the molecule is Nc1ccc(-c2ccccc2)c(-c2ccc3c(c2)c2ccccc2n3-c2ccccc2)c1-c1ccc2c(c1)c1ccccc1n2-c1ccccc1. The third-order valence-corrected chi connectivity index (χ3v) is 10.3. The van der Waals surface area contributed by atoms with Crippen molar-refractivity contribution in [3.05, 3.63) is 188 Å². The monoisotopic (exact) mass is 651 g/mol. The quantitative estimate of drug-likeness (QED) is 0.185. The second kappa shape index (κ2) is 11.6. The van der Waals surface area contributed by atoms with Crippen LogP contribution in [0, 0.1) is 0 Å². The molecule has 0 radical (unpaired) electrons. The van der Waals surface area contributed by atoms with E-state index in [0.717, 1.165) is 50.4 Å². The number of fused-ring (bicyclic) bond motifs is 6. The number of benzene rings is 8. The van der Waals surface area contributed by atoms with Crippen molar-refractivity contribution in [3.63, 3.8) is 0 Å². The molecule has 0 aliphatic carbocycles. The average Bonchev–Trinajstić information content (AvgIpc) is 3.71. The zero-order valence-corrected chi connectivity index (χ0v) is 27.9. The van der Waals surface area contributed by atoms with E-state index >= 15 is 0 Å². The van der Waals surface area contributed by atoms with Crippen molar-refractivity contribution in [1.82, 2.24) is 9.13 Å². The van der Waals surface area contributed by atoms with Gasteiger partial charge in [0.15, 0.2) is 0 Å². The Morgan fingerprint density at radius 3 is 1.27 bits per heavy atom. The molecule has 0 aliphatic heterocycles. The molecule has 8 aromatic carbocycles. The number of nitrogens with two attached hydrogens (primary N) is 1. The van der Waals surface area contributed by atoms with Crippen LogP contribution in [0.15, 0.2) is 188 Å². The standard InChI is InChI=1S/C48H33N3/c49-42-27-26-37(32-14-4-1-5-15-32)47(33-24-28-45-40(30-33)38-20-10-12-22-43(38)50(45)35-16-6-2-7-17-35)48(42)34-25-29-46-41(31-34)39-21-11-13-23-44(39)51(46)36-18-8-3-9-19-36/h1-31H,49H2. The molecule has 3 nitrogen and oxygen atoms in total. The van der Waals surface area contributed by atoms with Crippen molar-refractivity contribution in [1.29, 1.82) is 0 Å². The van der Waals surface area contributed by atoms with Crippen LogP contribution in [0.3, 0.4) is 0 Å². The van der Waals surface area contributed by atoms with E-state index in [1.165, 1.54) is 43.6 Å². The van der Waals surface area contributed by atoms with Gasteiger partial charge in [-0.15, -0.1) is 0 Å². The molecule has 2 aromatic heterocycles. The van der Waals surface area contributed by atoms with E-state index < -0.39 is 0 Å². The van der Waals surface area contributed by atoms with Gasteiger partial charge in [-0.2, -0.15) is 0 Å². The van der Waals surface area contributed by atoms with E-state index in [9.17, 15) is 0 Å². The molecule has 0 spiro atoms. The maximum atomic E-state index is 7.06. The molecule has 3 heteroatoms. The van der Waals surface area contributed by atoms with E-state index in [4.69, 9.17) is 5.73 Å². The van der Waals surface area contributed by atoms with Crippen LogP contribution < -0.4 is 5.73 Å². The number of rotatable bonds is 5. The van der Waals surface area contributed by atoms with Crippen molar-refractivity contribution in [2.24, 2.45) is 0 Å². The minimum atomic E-state index is 0.752. The van der Waals surface area contributed by atoms with Crippen molar-refractivity contribution < 1.29 is 0 Å². The fraction of sp³-hybridized carbons (Fsp3) is 0. The van der Waals surface area contributed by atoms with Gasteiger partial charge < -0.3 is 14.9 Å². The summed E-state index contributed by atoms with van der Waals surface area (Å²) in [4.78, 5) is 0. The predicted octanol–water partition coefficient (Wildman–Crippen LogP) is 12.5. The summed E-state index contributed by atoms with van der Waals surface area (Å²) in [6, 6.07) is 67.2. The number of anilines is 1. The van der Waals surface area contributed by atoms with Gasteiger partial charge in [0.2, 0.25) is 0 Å².